The Balaban J connectivity index is 2.90. The van der Waals surface area contributed by atoms with E-state index in [0.29, 0.717) is 12.1 Å². The van der Waals surface area contributed by atoms with Crippen molar-refractivity contribution < 1.29 is 9.90 Å². The van der Waals surface area contributed by atoms with E-state index in [4.69, 9.17) is 0 Å². The molecule has 0 atom stereocenters. The lowest BCUT2D eigenvalue weighted by Crippen LogP contribution is -2.24. The summed E-state index contributed by atoms with van der Waals surface area (Å²) in [5.74, 6) is -0.161. The second-order valence-corrected chi connectivity index (χ2v) is 4.14. The molecule has 2 N–H and O–H groups in total. The van der Waals surface area contributed by atoms with Gasteiger partial charge in [-0.05, 0) is 31.5 Å². The molecule has 1 amide bonds. The third-order valence-corrected chi connectivity index (χ3v) is 2.24. The lowest BCUT2D eigenvalue weighted by Gasteiger charge is -2.18. The summed E-state index contributed by atoms with van der Waals surface area (Å²) in [4.78, 5) is 11.6. The molecular formula is C13H17NO2. The molecule has 0 fully saturated rings. The maximum atomic E-state index is 11.6. The number of rotatable bonds is 4. The van der Waals surface area contributed by atoms with Crippen molar-refractivity contribution in [3.63, 3.8) is 0 Å². The highest BCUT2D eigenvalue weighted by molar-refractivity contribution is 5.94. The van der Waals surface area contributed by atoms with Crippen LogP contribution < -0.4 is 5.32 Å². The van der Waals surface area contributed by atoms with Crippen molar-refractivity contribution in [1.29, 1.82) is 0 Å². The third-order valence-electron chi connectivity index (χ3n) is 2.24. The average Bonchev–Trinajstić information content (AvgIpc) is 2.25. The first-order valence-corrected chi connectivity index (χ1v) is 5.17. The molecule has 1 aromatic carbocycles. The van der Waals surface area contributed by atoms with Crippen molar-refractivity contribution in [1.82, 2.24) is 5.32 Å². The van der Waals surface area contributed by atoms with Crippen LogP contribution in [0.25, 0.3) is 0 Å². The normalized spacial score (nSPS) is 10.9. The minimum absolute atomic E-state index is 0.161. The van der Waals surface area contributed by atoms with Crippen LogP contribution in [0.15, 0.2) is 36.9 Å². The highest BCUT2D eigenvalue weighted by atomic mass is 16.3. The largest absolute Gasteiger partial charge is 0.386 e. The summed E-state index contributed by atoms with van der Waals surface area (Å²) in [6, 6.07) is 6.96. The first-order chi connectivity index (χ1) is 7.45. The Labute approximate surface area is 95.8 Å². The van der Waals surface area contributed by atoms with Crippen LogP contribution in [0.1, 0.15) is 29.8 Å². The fourth-order valence-corrected chi connectivity index (χ4v) is 1.31. The molecular weight excluding hydrogens is 202 g/mol. The van der Waals surface area contributed by atoms with E-state index >= 15 is 0 Å². The van der Waals surface area contributed by atoms with Crippen LogP contribution in [0.3, 0.4) is 0 Å². The lowest BCUT2D eigenvalue weighted by atomic mass is 9.96. The Morgan fingerprint density at radius 2 is 2.25 bits per heavy atom. The Bertz CT molecular complexity index is 391. The molecule has 16 heavy (non-hydrogen) atoms. The zero-order valence-corrected chi connectivity index (χ0v) is 9.66. The Morgan fingerprint density at radius 3 is 2.81 bits per heavy atom. The maximum absolute atomic E-state index is 11.6. The SMILES string of the molecule is C=CCNC(=O)c1cccc(C(C)(C)O)c1. The number of amides is 1. The number of nitrogens with one attached hydrogen (secondary N) is 1. The lowest BCUT2D eigenvalue weighted by molar-refractivity contribution is 0.0784. The molecule has 0 aliphatic heterocycles. The molecule has 0 aliphatic rings. The first kappa shape index (κ1) is 12.5. The minimum Gasteiger partial charge on any atom is -0.386 e. The van der Waals surface area contributed by atoms with Crippen LogP contribution >= 0.6 is 0 Å². The van der Waals surface area contributed by atoms with E-state index in [9.17, 15) is 9.90 Å². The van der Waals surface area contributed by atoms with Crippen molar-refractivity contribution in [3.05, 3.63) is 48.0 Å². The highest BCUT2D eigenvalue weighted by Gasteiger charge is 2.17. The van der Waals surface area contributed by atoms with Gasteiger partial charge >= 0.3 is 0 Å². The number of carbonyl (C=O) groups excluding carboxylic acids is 1. The second-order valence-electron chi connectivity index (χ2n) is 4.14. The Hall–Kier alpha value is -1.61. The van der Waals surface area contributed by atoms with E-state index in [1.165, 1.54) is 0 Å². The topological polar surface area (TPSA) is 49.3 Å². The quantitative estimate of drug-likeness (QED) is 0.759. The molecule has 0 saturated carbocycles. The molecule has 0 spiro atoms. The molecule has 0 radical (unpaired) electrons. The number of carbonyl (C=O) groups is 1. The van der Waals surface area contributed by atoms with Crippen LogP contribution in [0.4, 0.5) is 0 Å². The van der Waals surface area contributed by atoms with Crippen molar-refractivity contribution in [2.24, 2.45) is 0 Å². The van der Waals surface area contributed by atoms with Crippen molar-refractivity contribution in [3.8, 4) is 0 Å². The molecule has 3 heteroatoms. The van der Waals surface area contributed by atoms with Crippen LogP contribution in [0.5, 0.6) is 0 Å². The van der Waals surface area contributed by atoms with Gasteiger partial charge in [-0.25, -0.2) is 0 Å². The van der Waals surface area contributed by atoms with Gasteiger partial charge in [-0.3, -0.25) is 4.79 Å². The molecule has 86 valence electrons. The number of hydrogen-bond acceptors (Lipinski definition) is 2. The van der Waals surface area contributed by atoms with Crippen LogP contribution in [0, 0.1) is 0 Å². The summed E-state index contributed by atoms with van der Waals surface area (Å²) in [6.07, 6.45) is 1.62. The van der Waals surface area contributed by atoms with Gasteiger partial charge in [0.05, 0.1) is 5.60 Å². The summed E-state index contributed by atoms with van der Waals surface area (Å²) in [5.41, 5.74) is 0.328. The molecule has 1 rings (SSSR count). The molecule has 0 bridgehead atoms. The second kappa shape index (κ2) is 4.94. The molecule has 0 heterocycles. The predicted molar refractivity (Wildman–Crippen MR) is 64.2 cm³/mol. The minimum atomic E-state index is -0.936. The monoisotopic (exact) mass is 219 g/mol. The average molecular weight is 219 g/mol. The summed E-state index contributed by atoms with van der Waals surface area (Å²) in [6.45, 7) is 7.34. The van der Waals surface area contributed by atoms with Gasteiger partial charge in [-0.15, -0.1) is 6.58 Å². The molecule has 0 saturated heterocycles. The van der Waals surface area contributed by atoms with Gasteiger partial charge in [0, 0.05) is 12.1 Å². The maximum Gasteiger partial charge on any atom is 0.251 e. The standard InChI is InChI=1S/C13H17NO2/c1-4-8-14-12(15)10-6-5-7-11(9-10)13(2,3)16/h4-7,9,16H,1,8H2,2-3H3,(H,14,15). The summed E-state index contributed by atoms with van der Waals surface area (Å²) in [5, 5.41) is 12.5. The Kier molecular flexibility index (Phi) is 3.85. The van der Waals surface area contributed by atoms with E-state index in [1.807, 2.05) is 0 Å². The molecule has 0 aliphatic carbocycles. The van der Waals surface area contributed by atoms with Crippen molar-refractivity contribution in [2.45, 2.75) is 19.4 Å². The van der Waals surface area contributed by atoms with Gasteiger partial charge in [-0.2, -0.15) is 0 Å². The van der Waals surface area contributed by atoms with Gasteiger partial charge in [0.25, 0.3) is 5.91 Å². The smallest absolute Gasteiger partial charge is 0.251 e. The Morgan fingerprint density at radius 1 is 1.56 bits per heavy atom. The van der Waals surface area contributed by atoms with Gasteiger partial charge in [-0.1, -0.05) is 18.2 Å². The number of benzene rings is 1. The van der Waals surface area contributed by atoms with Gasteiger partial charge < -0.3 is 10.4 Å². The predicted octanol–water partition coefficient (Wildman–Crippen LogP) is 1.83. The summed E-state index contributed by atoms with van der Waals surface area (Å²) < 4.78 is 0. The van der Waals surface area contributed by atoms with E-state index < -0.39 is 5.60 Å². The third kappa shape index (κ3) is 3.21. The molecule has 0 unspecified atom stereocenters. The van der Waals surface area contributed by atoms with E-state index in [2.05, 4.69) is 11.9 Å². The van der Waals surface area contributed by atoms with Crippen LogP contribution in [-0.2, 0) is 5.60 Å². The number of aliphatic hydroxyl groups is 1. The zero-order chi connectivity index (χ0) is 12.2. The van der Waals surface area contributed by atoms with Gasteiger partial charge in [0.1, 0.15) is 0 Å². The van der Waals surface area contributed by atoms with Crippen LogP contribution in [0.2, 0.25) is 0 Å². The van der Waals surface area contributed by atoms with Gasteiger partial charge in [0.15, 0.2) is 0 Å². The first-order valence-electron chi connectivity index (χ1n) is 5.17. The van der Waals surface area contributed by atoms with E-state index in [0.717, 1.165) is 5.56 Å². The molecule has 1 aromatic rings. The summed E-state index contributed by atoms with van der Waals surface area (Å²) >= 11 is 0. The fraction of sp³-hybridized carbons (Fsp3) is 0.308. The summed E-state index contributed by atoms with van der Waals surface area (Å²) in [7, 11) is 0. The molecule has 0 aromatic heterocycles. The van der Waals surface area contributed by atoms with E-state index in [-0.39, 0.29) is 5.91 Å². The zero-order valence-electron chi connectivity index (χ0n) is 9.66. The fourth-order valence-electron chi connectivity index (χ4n) is 1.31. The van der Waals surface area contributed by atoms with Crippen LogP contribution in [-0.4, -0.2) is 17.6 Å². The van der Waals surface area contributed by atoms with Gasteiger partial charge in [0.2, 0.25) is 0 Å². The van der Waals surface area contributed by atoms with Crippen molar-refractivity contribution in [2.75, 3.05) is 6.54 Å². The van der Waals surface area contributed by atoms with E-state index in [1.54, 1.807) is 44.2 Å². The number of hydrogen-bond donors (Lipinski definition) is 2. The highest BCUT2D eigenvalue weighted by Crippen LogP contribution is 2.20. The molecule has 3 nitrogen and oxygen atoms in total. The van der Waals surface area contributed by atoms with Crippen molar-refractivity contribution >= 4 is 5.91 Å².